The fourth-order valence-electron chi connectivity index (χ4n) is 3.90. The predicted molar refractivity (Wildman–Crippen MR) is 124 cm³/mol. The highest BCUT2D eigenvalue weighted by Gasteiger charge is 2.32. The zero-order valence-corrected chi connectivity index (χ0v) is 20.0. The Balaban J connectivity index is 1.52. The summed E-state index contributed by atoms with van der Waals surface area (Å²) in [5, 5.41) is 2.99. The van der Waals surface area contributed by atoms with Gasteiger partial charge in [0.1, 0.15) is 11.5 Å². The van der Waals surface area contributed by atoms with E-state index in [0.717, 1.165) is 28.2 Å². The molecule has 0 radical (unpaired) electrons. The van der Waals surface area contributed by atoms with Crippen LogP contribution in [-0.2, 0) is 21.2 Å². The Morgan fingerprint density at radius 2 is 1.75 bits per heavy atom. The number of nitrogens with one attached hydrogen (secondary N) is 1. The van der Waals surface area contributed by atoms with E-state index in [1.165, 1.54) is 4.31 Å². The number of ether oxygens (including phenoxy) is 2. The molecule has 32 heavy (non-hydrogen) atoms. The number of carbonyl (C=O) groups is 1. The summed E-state index contributed by atoms with van der Waals surface area (Å²) in [6, 6.07) is 10.8. The molecule has 2 aromatic rings. The molecule has 1 saturated heterocycles. The van der Waals surface area contributed by atoms with Gasteiger partial charge in [-0.2, -0.15) is 4.31 Å². The van der Waals surface area contributed by atoms with Gasteiger partial charge in [-0.05, 0) is 68.0 Å². The van der Waals surface area contributed by atoms with E-state index < -0.39 is 10.0 Å². The molecule has 1 amide bonds. The number of sulfonamides is 1. The second-order valence-corrected chi connectivity index (χ2v) is 10.1. The molecule has 1 fully saturated rings. The Hall–Kier alpha value is -2.58. The van der Waals surface area contributed by atoms with E-state index >= 15 is 0 Å². The molecule has 0 spiro atoms. The lowest BCUT2D eigenvalue weighted by Gasteiger charge is -2.30. The minimum absolute atomic E-state index is 0.0271. The second kappa shape index (κ2) is 10.4. The van der Waals surface area contributed by atoms with E-state index in [1.807, 2.05) is 38.1 Å². The number of aryl methyl sites for hydroxylation is 2. The van der Waals surface area contributed by atoms with Crippen molar-refractivity contribution in [3.05, 3.63) is 53.1 Å². The van der Waals surface area contributed by atoms with Crippen LogP contribution in [0.3, 0.4) is 0 Å². The van der Waals surface area contributed by atoms with Crippen molar-refractivity contribution < 1.29 is 22.7 Å². The second-order valence-electron chi connectivity index (χ2n) is 8.14. The molecule has 0 unspecified atom stereocenters. The summed E-state index contributed by atoms with van der Waals surface area (Å²) in [5.74, 6) is 1.24. The lowest BCUT2D eigenvalue weighted by atomic mass is 9.97. The molecular formula is C24H32N2O5S. The number of rotatable bonds is 8. The van der Waals surface area contributed by atoms with Crippen molar-refractivity contribution in [3.8, 4) is 11.5 Å². The summed E-state index contributed by atoms with van der Waals surface area (Å²) in [5.41, 5.74) is 3.00. The molecule has 0 aromatic heterocycles. The maximum Gasteiger partial charge on any atom is 0.243 e. The van der Waals surface area contributed by atoms with Gasteiger partial charge in [0, 0.05) is 31.6 Å². The minimum atomic E-state index is -3.54. The maximum atomic E-state index is 13.0. The lowest BCUT2D eigenvalue weighted by molar-refractivity contribution is -0.126. The molecule has 2 aromatic carbocycles. The topological polar surface area (TPSA) is 84.9 Å². The van der Waals surface area contributed by atoms with Gasteiger partial charge in [0.05, 0.1) is 19.1 Å². The molecule has 7 nitrogen and oxygen atoms in total. The van der Waals surface area contributed by atoms with E-state index in [1.54, 1.807) is 26.4 Å². The van der Waals surface area contributed by atoms with Gasteiger partial charge < -0.3 is 14.8 Å². The molecule has 1 aliphatic rings. The predicted octanol–water partition coefficient (Wildman–Crippen LogP) is 3.08. The summed E-state index contributed by atoms with van der Waals surface area (Å²) in [4.78, 5) is 12.9. The standard InChI is InChI=1S/C24H32N2O5S/c1-17-5-8-22(15-18(17)2)32(28,29)26-13-10-20(11-14-26)24(27)25-12-9-19-6-7-21(30-3)16-23(19)31-4/h5-8,15-16,20H,9-14H2,1-4H3,(H,25,27). The first-order valence-corrected chi connectivity index (χ1v) is 12.3. The molecular weight excluding hydrogens is 428 g/mol. The third-order valence-electron chi connectivity index (χ3n) is 6.13. The Kier molecular flexibility index (Phi) is 7.79. The maximum absolute atomic E-state index is 13.0. The van der Waals surface area contributed by atoms with E-state index in [0.29, 0.717) is 43.8 Å². The van der Waals surface area contributed by atoms with Gasteiger partial charge in [-0.3, -0.25) is 4.79 Å². The molecule has 1 heterocycles. The molecule has 0 bridgehead atoms. The highest BCUT2D eigenvalue weighted by molar-refractivity contribution is 7.89. The van der Waals surface area contributed by atoms with E-state index in [2.05, 4.69) is 5.32 Å². The zero-order valence-electron chi connectivity index (χ0n) is 19.2. The average Bonchev–Trinajstić information content (AvgIpc) is 2.80. The van der Waals surface area contributed by atoms with Gasteiger partial charge >= 0.3 is 0 Å². The summed E-state index contributed by atoms with van der Waals surface area (Å²) in [6.45, 7) is 5.05. The van der Waals surface area contributed by atoms with Crippen LogP contribution in [0.1, 0.15) is 29.5 Å². The van der Waals surface area contributed by atoms with Crippen molar-refractivity contribution in [2.24, 2.45) is 5.92 Å². The lowest BCUT2D eigenvalue weighted by Crippen LogP contribution is -2.43. The average molecular weight is 461 g/mol. The van der Waals surface area contributed by atoms with Crippen LogP contribution >= 0.6 is 0 Å². The van der Waals surface area contributed by atoms with Crippen LogP contribution in [0.15, 0.2) is 41.3 Å². The quantitative estimate of drug-likeness (QED) is 0.654. The SMILES string of the molecule is COc1ccc(CCNC(=O)C2CCN(S(=O)(=O)c3ccc(C)c(C)c3)CC2)c(OC)c1. The van der Waals surface area contributed by atoms with Crippen molar-refractivity contribution in [3.63, 3.8) is 0 Å². The van der Waals surface area contributed by atoms with Crippen molar-refractivity contribution in [2.45, 2.75) is 38.0 Å². The van der Waals surface area contributed by atoms with Gasteiger partial charge in [-0.15, -0.1) is 0 Å². The number of carbonyl (C=O) groups excluding carboxylic acids is 1. The Morgan fingerprint density at radius 1 is 1.03 bits per heavy atom. The fraction of sp³-hybridized carbons (Fsp3) is 0.458. The molecule has 8 heteroatoms. The van der Waals surface area contributed by atoms with Crippen molar-refractivity contribution >= 4 is 15.9 Å². The first-order chi connectivity index (χ1) is 15.3. The summed E-state index contributed by atoms with van der Waals surface area (Å²) in [7, 11) is -0.327. The van der Waals surface area contributed by atoms with E-state index in [9.17, 15) is 13.2 Å². The van der Waals surface area contributed by atoms with Crippen LogP contribution in [0.4, 0.5) is 0 Å². The molecule has 1 aliphatic heterocycles. The molecule has 1 N–H and O–H groups in total. The van der Waals surface area contributed by atoms with Crippen LogP contribution < -0.4 is 14.8 Å². The summed E-state index contributed by atoms with van der Waals surface area (Å²) >= 11 is 0. The van der Waals surface area contributed by atoms with Crippen molar-refractivity contribution in [2.75, 3.05) is 33.9 Å². The molecule has 0 aliphatic carbocycles. The molecule has 3 rings (SSSR count). The smallest absolute Gasteiger partial charge is 0.243 e. The van der Waals surface area contributed by atoms with Gasteiger partial charge in [-0.25, -0.2) is 8.42 Å². The highest BCUT2D eigenvalue weighted by atomic mass is 32.2. The third-order valence-corrected chi connectivity index (χ3v) is 8.02. The highest BCUT2D eigenvalue weighted by Crippen LogP contribution is 2.26. The monoisotopic (exact) mass is 460 g/mol. The van der Waals surface area contributed by atoms with Crippen molar-refractivity contribution in [1.82, 2.24) is 9.62 Å². The number of amides is 1. The van der Waals surface area contributed by atoms with E-state index in [-0.39, 0.29) is 11.8 Å². The number of piperidine rings is 1. The Morgan fingerprint density at radius 3 is 2.38 bits per heavy atom. The van der Waals surface area contributed by atoms with Gasteiger partial charge in [-0.1, -0.05) is 12.1 Å². The van der Waals surface area contributed by atoms with E-state index in [4.69, 9.17) is 9.47 Å². The number of methoxy groups -OCH3 is 2. The number of hydrogen-bond donors (Lipinski definition) is 1. The number of nitrogens with zero attached hydrogens (tertiary/aromatic N) is 1. The number of hydrogen-bond acceptors (Lipinski definition) is 5. The van der Waals surface area contributed by atoms with Crippen LogP contribution in [-0.4, -0.2) is 52.5 Å². The van der Waals surface area contributed by atoms with Crippen LogP contribution in [0, 0.1) is 19.8 Å². The normalized spacial score (nSPS) is 15.4. The first-order valence-electron chi connectivity index (χ1n) is 10.8. The van der Waals surface area contributed by atoms with Gasteiger partial charge in [0.25, 0.3) is 0 Å². The van der Waals surface area contributed by atoms with Crippen molar-refractivity contribution in [1.29, 1.82) is 0 Å². The summed E-state index contributed by atoms with van der Waals surface area (Å²) < 4.78 is 38.0. The summed E-state index contributed by atoms with van der Waals surface area (Å²) in [6.07, 6.45) is 1.67. The van der Waals surface area contributed by atoms with Gasteiger partial charge in [0.15, 0.2) is 0 Å². The third kappa shape index (κ3) is 5.42. The first kappa shape index (κ1) is 24.1. The Bertz CT molecular complexity index is 1060. The molecule has 174 valence electrons. The number of benzene rings is 2. The zero-order chi connectivity index (χ0) is 23.3. The molecule has 0 saturated carbocycles. The van der Waals surface area contributed by atoms with Crippen LogP contribution in [0.2, 0.25) is 0 Å². The van der Waals surface area contributed by atoms with Gasteiger partial charge in [0.2, 0.25) is 15.9 Å². The van der Waals surface area contributed by atoms with Crippen LogP contribution in [0.25, 0.3) is 0 Å². The largest absolute Gasteiger partial charge is 0.497 e. The fourth-order valence-corrected chi connectivity index (χ4v) is 5.46. The Labute approximate surface area is 190 Å². The minimum Gasteiger partial charge on any atom is -0.497 e. The molecule has 0 atom stereocenters. The van der Waals surface area contributed by atoms with Crippen LogP contribution in [0.5, 0.6) is 11.5 Å².